The van der Waals surface area contributed by atoms with Gasteiger partial charge in [0.15, 0.2) is 0 Å². The average molecular weight is 371 g/mol. The van der Waals surface area contributed by atoms with Crippen LogP contribution in [0.2, 0.25) is 0 Å². The normalized spacial score (nSPS) is 10.8. The highest BCUT2D eigenvalue weighted by Crippen LogP contribution is 2.29. The van der Waals surface area contributed by atoms with Crippen molar-refractivity contribution in [3.05, 3.63) is 79.1 Å². The standard InChI is InChI=1S/C22H21N5O/c23-17-26-22(27-19-10-6-13-24-16-19)25-14-7-15-28-21-12-5-4-11-20(21)18-8-2-1-3-9-18/h1-6,8-13,16H,7,14-15H2,(H2,25,26,27). The molecule has 0 saturated carbocycles. The highest BCUT2D eigenvalue weighted by molar-refractivity contribution is 5.93. The SMILES string of the molecule is N#CN=C(NCCCOc1ccccc1-c1ccccc1)Nc1cccnc1. The minimum atomic E-state index is 0.389. The third kappa shape index (κ3) is 5.58. The molecule has 0 aliphatic heterocycles. The number of hydrogen-bond donors (Lipinski definition) is 2. The van der Waals surface area contributed by atoms with E-state index in [1.54, 1.807) is 18.6 Å². The summed E-state index contributed by atoms with van der Waals surface area (Å²) in [4.78, 5) is 7.79. The molecule has 2 N–H and O–H groups in total. The molecule has 6 nitrogen and oxygen atoms in total. The van der Waals surface area contributed by atoms with Crippen LogP contribution < -0.4 is 15.4 Å². The van der Waals surface area contributed by atoms with Gasteiger partial charge in [0, 0.05) is 18.3 Å². The molecular formula is C22H21N5O. The molecule has 0 saturated heterocycles. The number of anilines is 1. The number of aliphatic imine (C=N–C) groups is 1. The van der Waals surface area contributed by atoms with Gasteiger partial charge in [-0.15, -0.1) is 4.99 Å². The molecule has 0 amide bonds. The summed E-state index contributed by atoms with van der Waals surface area (Å²) in [5, 5.41) is 15.0. The first-order chi connectivity index (χ1) is 13.9. The molecule has 0 fully saturated rings. The summed E-state index contributed by atoms with van der Waals surface area (Å²) in [6.07, 6.45) is 5.89. The predicted molar refractivity (Wildman–Crippen MR) is 111 cm³/mol. The van der Waals surface area contributed by atoms with Crippen LogP contribution in [0.3, 0.4) is 0 Å². The smallest absolute Gasteiger partial charge is 0.211 e. The van der Waals surface area contributed by atoms with Crippen molar-refractivity contribution >= 4 is 11.6 Å². The maximum absolute atomic E-state index is 8.85. The van der Waals surface area contributed by atoms with Crippen molar-refractivity contribution in [3.8, 4) is 23.1 Å². The molecule has 0 bridgehead atoms. The van der Waals surface area contributed by atoms with E-state index in [0.717, 1.165) is 29.0 Å². The number of pyridine rings is 1. The van der Waals surface area contributed by atoms with Gasteiger partial charge in [0.05, 0.1) is 18.5 Å². The Kier molecular flexibility index (Phi) is 6.99. The summed E-state index contributed by atoms with van der Waals surface area (Å²) in [5.74, 6) is 1.24. The highest BCUT2D eigenvalue weighted by Gasteiger charge is 2.05. The Labute approximate surface area is 164 Å². The van der Waals surface area contributed by atoms with Gasteiger partial charge in [-0.25, -0.2) is 0 Å². The lowest BCUT2D eigenvalue weighted by atomic mass is 10.1. The van der Waals surface area contributed by atoms with E-state index in [1.165, 1.54) is 0 Å². The minimum absolute atomic E-state index is 0.389. The Morgan fingerprint density at radius 2 is 1.86 bits per heavy atom. The van der Waals surface area contributed by atoms with Crippen molar-refractivity contribution in [2.45, 2.75) is 6.42 Å². The summed E-state index contributed by atoms with van der Waals surface area (Å²) >= 11 is 0. The Balaban J connectivity index is 1.50. The van der Waals surface area contributed by atoms with Crippen molar-refractivity contribution in [2.75, 3.05) is 18.5 Å². The summed E-state index contributed by atoms with van der Waals surface area (Å²) < 4.78 is 5.98. The van der Waals surface area contributed by atoms with Gasteiger partial charge in [-0.1, -0.05) is 48.5 Å². The summed E-state index contributed by atoms with van der Waals surface area (Å²) in [6.45, 7) is 1.16. The number of nitriles is 1. The number of ether oxygens (including phenoxy) is 1. The number of guanidine groups is 1. The van der Waals surface area contributed by atoms with E-state index in [4.69, 9.17) is 10.00 Å². The molecule has 0 aliphatic carbocycles. The van der Waals surface area contributed by atoms with Crippen LogP contribution in [0, 0.1) is 11.5 Å². The van der Waals surface area contributed by atoms with Gasteiger partial charge in [-0.3, -0.25) is 4.98 Å². The van der Waals surface area contributed by atoms with Gasteiger partial charge >= 0.3 is 0 Å². The third-order valence-corrected chi connectivity index (χ3v) is 3.93. The molecule has 6 heteroatoms. The van der Waals surface area contributed by atoms with E-state index < -0.39 is 0 Å². The molecule has 140 valence electrons. The molecule has 3 aromatic rings. The predicted octanol–water partition coefficient (Wildman–Crippen LogP) is 4.06. The second-order valence-electron chi connectivity index (χ2n) is 5.92. The number of hydrogen-bond acceptors (Lipinski definition) is 4. The van der Waals surface area contributed by atoms with Crippen LogP contribution in [-0.2, 0) is 0 Å². The largest absolute Gasteiger partial charge is 0.493 e. The number of benzene rings is 2. The van der Waals surface area contributed by atoms with Crippen LogP contribution in [0.25, 0.3) is 11.1 Å². The average Bonchev–Trinajstić information content (AvgIpc) is 2.75. The van der Waals surface area contributed by atoms with Crippen LogP contribution in [0.1, 0.15) is 6.42 Å². The lowest BCUT2D eigenvalue weighted by Crippen LogP contribution is -2.32. The maximum atomic E-state index is 8.85. The van der Waals surface area contributed by atoms with E-state index in [0.29, 0.717) is 19.1 Å². The quantitative estimate of drug-likeness (QED) is 0.283. The minimum Gasteiger partial charge on any atom is -0.493 e. The van der Waals surface area contributed by atoms with Gasteiger partial charge in [0.25, 0.3) is 0 Å². The Hall–Kier alpha value is -3.85. The van der Waals surface area contributed by atoms with Crippen LogP contribution in [0.5, 0.6) is 5.75 Å². The summed E-state index contributed by atoms with van der Waals surface area (Å²) in [5.41, 5.74) is 2.96. The number of nitrogens with zero attached hydrogens (tertiary/aromatic N) is 3. The van der Waals surface area contributed by atoms with Crippen LogP contribution >= 0.6 is 0 Å². The zero-order chi connectivity index (χ0) is 19.4. The van der Waals surface area contributed by atoms with Crippen molar-refractivity contribution < 1.29 is 4.74 Å². The Morgan fingerprint density at radius 3 is 2.64 bits per heavy atom. The van der Waals surface area contributed by atoms with Crippen LogP contribution in [0.15, 0.2) is 84.1 Å². The van der Waals surface area contributed by atoms with Crippen molar-refractivity contribution in [1.29, 1.82) is 5.26 Å². The van der Waals surface area contributed by atoms with Gasteiger partial charge in [0.2, 0.25) is 12.2 Å². The fraction of sp³-hybridized carbons (Fsp3) is 0.136. The summed E-state index contributed by atoms with van der Waals surface area (Å²) in [7, 11) is 0. The second-order valence-corrected chi connectivity index (χ2v) is 5.92. The van der Waals surface area contributed by atoms with E-state index >= 15 is 0 Å². The topological polar surface area (TPSA) is 82.3 Å². The molecule has 0 spiro atoms. The van der Waals surface area contributed by atoms with Gasteiger partial charge in [0.1, 0.15) is 5.75 Å². The van der Waals surface area contributed by atoms with Gasteiger partial charge in [-0.05, 0) is 30.2 Å². The van der Waals surface area contributed by atoms with Gasteiger partial charge < -0.3 is 15.4 Å². The molecule has 3 rings (SSSR count). The van der Waals surface area contributed by atoms with Crippen LogP contribution in [0.4, 0.5) is 5.69 Å². The first kappa shape index (κ1) is 18.9. The monoisotopic (exact) mass is 371 g/mol. The fourth-order valence-electron chi connectivity index (χ4n) is 2.64. The number of aromatic nitrogens is 1. The van der Waals surface area contributed by atoms with E-state index in [-0.39, 0.29) is 0 Å². The van der Waals surface area contributed by atoms with Crippen molar-refractivity contribution in [1.82, 2.24) is 10.3 Å². The summed E-state index contributed by atoms with van der Waals surface area (Å²) in [6, 6.07) is 21.8. The molecule has 28 heavy (non-hydrogen) atoms. The second kappa shape index (κ2) is 10.3. The molecule has 0 radical (unpaired) electrons. The van der Waals surface area contributed by atoms with Crippen LogP contribution in [-0.4, -0.2) is 24.1 Å². The molecule has 1 aromatic heterocycles. The van der Waals surface area contributed by atoms with Crippen molar-refractivity contribution in [3.63, 3.8) is 0 Å². The zero-order valence-electron chi connectivity index (χ0n) is 15.4. The maximum Gasteiger partial charge on any atom is 0.211 e. The molecule has 2 aromatic carbocycles. The van der Waals surface area contributed by atoms with E-state index in [1.807, 2.05) is 48.5 Å². The van der Waals surface area contributed by atoms with Gasteiger partial charge in [-0.2, -0.15) is 5.26 Å². The highest BCUT2D eigenvalue weighted by atomic mass is 16.5. The zero-order valence-corrected chi connectivity index (χ0v) is 15.4. The number of rotatable bonds is 7. The molecule has 0 unspecified atom stereocenters. The fourth-order valence-corrected chi connectivity index (χ4v) is 2.64. The number of nitrogens with one attached hydrogen (secondary N) is 2. The first-order valence-electron chi connectivity index (χ1n) is 9.02. The lowest BCUT2D eigenvalue weighted by molar-refractivity contribution is 0.312. The molecule has 0 aliphatic rings. The molecule has 1 heterocycles. The molecule has 0 atom stereocenters. The third-order valence-electron chi connectivity index (χ3n) is 3.93. The Bertz CT molecular complexity index is 936. The van der Waals surface area contributed by atoms with E-state index in [2.05, 4.69) is 38.8 Å². The Morgan fingerprint density at radius 1 is 1.04 bits per heavy atom. The van der Waals surface area contributed by atoms with Crippen molar-refractivity contribution in [2.24, 2.45) is 4.99 Å². The lowest BCUT2D eigenvalue weighted by Gasteiger charge is -2.13. The van der Waals surface area contributed by atoms with E-state index in [9.17, 15) is 0 Å². The molecular weight excluding hydrogens is 350 g/mol. The first-order valence-corrected chi connectivity index (χ1v) is 9.02. The number of para-hydroxylation sites is 1.